The van der Waals surface area contributed by atoms with Crippen molar-refractivity contribution in [3.8, 4) is 5.75 Å². The fraction of sp³-hybridized carbons (Fsp3) is 0.462. The fourth-order valence-electron chi connectivity index (χ4n) is 1.45. The molecule has 0 saturated heterocycles. The molecule has 0 heterocycles. The minimum atomic E-state index is 0.178. The highest BCUT2D eigenvalue weighted by Gasteiger charge is 2.03. The van der Waals surface area contributed by atoms with Crippen molar-refractivity contribution >= 4 is 5.78 Å². The number of benzene rings is 1. The van der Waals surface area contributed by atoms with Gasteiger partial charge in [-0.2, -0.15) is 0 Å². The van der Waals surface area contributed by atoms with Crippen LogP contribution in [0.15, 0.2) is 24.3 Å². The van der Waals surface area contributed by atoms with Gasteiger partial charge in [0.15, 0.2) is 5.78 Å². The molecule has 0 aliphatic rings. The van der Waals surface area contributed by atoms with E-state index in [4.69, 9.17) is 4.74 Å². The molecule has 0 atom stereocenters. The van der Waals surface area contributed by atoms with Gasteiger partial charge in [-0.25, -0.2) is 0 Å². The number of ketones is 1. The van der Waals surface area contributed by atoms with Gasteiger partial charge in [0.05, 0.1) is 12.6 Å². The van der Waals surface area contributed by atoms with E-state index in [-0.39, 0.29) is 11.9 Å². The minimum Gasteiger partial charge on any atom is -0.491 e. The summed E-state index contributed by atoms with van der Waals surface area (Å²) in [7, 11) is 1.78. The van der Waals surface area contributed by atoms with Crippen LogP contribution in [0.3, 0.4) is 0 Å². The van der Waals surface area contributed by atoms with Crippen LogP contribution in [-0.4, -0.2) is 25.5 Å². The van der Waals surface area contributed by atoms with E-state index in [2.05, 4.69) is 5.32 Å². The molecule has 0 radical (unpaired) electrons. The summed E-state index contributed by atoms with van der Waals surface area (Å²) in [5, 5.41) is 2.85. The molecule has 88 valence electrons. The van der Waals surface area contributed by atoms with Crippen LogP contribution in [0.2, 0.25) is 0 Å². The molecular weight excluding hydrogens is 202 g/mol. The van der Waals surface area contributed by atoms with Crippen molar-refractivity contribution in [1.82, 2.24) is 5.32 Å². The van der Waals surface area contributed by atoms with Crippen molar-refractivity contribution in [2.45, 2.75) is 26.4 Å². The third kappa shape index (κ3) is 4.45. The van der Waals surface area contributed by atoms with Gasteiger partial charge in [0.25, 0.3) is 0 Å². The number of rotatable bonds is 6. The van der Waals surface area contributed by atoms with Crippen LogP contribution in [0, 0.1) is 0 Å². The highest BCUT2D eigenvalue weighted by Crippen LogP contribution is 2.14. The number of hydrogen-bond donors (Lipinski definition) is 1. The first-order chi connectivity index (χ1) is 7.61. The van der Waals surface area contributed by atoms with E-state index in [1.807, 2.05) is 38.1 Å². The number of carbonyl (C=O) groups is 1. The summed E-state index contributed by atoms with van der Waals surface area (Å²) in [4.78, 5) is 11.4. The number of Topliss-reactive ketones (excluding diaryl/α,β-unsaturated/α-hetero) is 1. The molecule has 1 N–H and O–H groups in total. The minimum absolute atomic E-state index is 0.178. The Morgan fingerprint density at radius 3 is 2.44 bits per heavy atom. The van der Waals surface area contributed by atoms with Gasteiger partial charge in [0.1, 0.15) is 5.75 Å². The normalized spacial score (nSPS) is 10.5. The Balaban J connectivity index is 2.54. The van der Waals surface area contributed by atoms with E-state index in [0.717, 1.165) is 11.3 Å². The number of carbonyl (C=O) groups excluding carboxylic acids is 1. The lowest BCUT2D eigenvalue weighted by molar-refractivity contribution is -0.117. The molecule has 0 aliphatic carbocycles. The summed E-state index contributed by atoms with van der Waals surface area (Å²) in [6, 6.07) is 7.68. The van der Waals surface area contributed by atoms with Crippen molar-refractivity contribution in [1.29, 1.82) is 0 Å². The lowest BCUT2D eigenvalue weighted by atomic mass is 10.1. The third-order valence-electron chi connectivity index (χ3n) is 2.07. The van der Waals surface area contributed by atoms with Gasteiger partial charge >= 0.3 is 0 Å². The summed E-state index contributed by atoms with van der Waals surface area (Å²) in [6.07, 6.45) is 0.653. The smallest absolute Gasteiger partial charge is 0.150 e. The van der Waals surface area contributed by atoms with Crippen molar-refractivity contribution in [3.05, 3.63) is 29.8 Å². The highest BCUT2D eigenvalue weighted by molar-refractivity contribution is 5.82. The van der Waals surface area contributed by atoms with Gasteiger partial charge in [-0.15, -0.1) is 0 Å². The maximum atomic E-state index is 11.4. The zero-order valence-electron chi connectivity index (χ0n) is 10.1. The SMILES string of the molecule is CNCC(=O)Cc1ccc(OC(C)C)cc1. The van der Waals surface area contributed by atoms with E-state index in [9.17, 15) is 4.79 Å². The second kappa shape index (κ2) is 6.28. The molecule has 3 heteroatoms. The molecule has 0 saturated carbocycles. The first-order valence-electron chi connectivity index (χ1n) is 5.53. The van der Waals surface area contributed by atoms with Crippen LogP contribution < -0.4 is 10.1 Å². The van der Waals surface area contributed by atoms with E-state index in [1.54, 1.807) is 7.05 Å². The predicted molar refractivity (Wildman–Crippen MR) is 64.8 cm³/mol. The molecule has 0 fully saturated rings. The number of likely N-dealkylation sites (N-methyl/N-ethyl adjacent to an activating group) is 1. The second-order valence-electron chi connectivity index (χ2n) is 4.06. The van der Waals surface area contributed by atoms with Crippen LogP contribution in [0.25, 0.3) is 0 Å². The Kier molecular flexibility index (Phi) is 4.99. The average molecular weight is 221 g/mol. The summed E-state index contributed by atoms with van der Waals surface area (Å²) in [5.74, 6) is 1.04. The van der Waals surface area contributed by atoms with Gasteiger partial charge in [-0.1, -0.05) is 12.1 Å². The van der Waals surface area contributed by atoms with Crippen molar-refractivity contribution in [2.75, 3.05) is 13.6 Å². The average Bonchev–Trinajstić information content (AvgIpc) is 2.20. The van der Waals surface area contributed by atoms with Crippen molar-refractivity contribution in [2.24, 2.45) is 0 Å². The Bertz CT molecular complexity index is 330. The topological polar surface area (TPSA) is 38.3 Å². The molecule has 1 aromatic rings. The molecule has 1 aromatic carbocycles. The number of hydrogen-bond acceptors (Lipinski definition) is 3. The van der Waals surface area contributed by atoms with Crippen LogP contribution in [-0.2, 0) is 11.2 Å². The first kappa shape index (κ1) is 12.7. The molecule has 0 unspecified atom stereocenters. The predicted octanol–water partition coefficient (Wildman–Crippen LogP) is 1.80. The zero-order chi connectivity index (χ0) is 12.0. The highest BCUT2D eigenvalue weighted by atomic mass is 16.5. The Hall–Kier alpha value is -1.35. The van der Waals surface area contributed by atoms with Crippen molar-refractivity contribution in [3.63, 3.8) is 0 Å². The van der Waals surface area contributed by atoms with Crippen LogP contribution >= 0.6 is 0 Å². The van der Waals surface area contributed by atoms with Gasteiger partial charge in [0.2, 0.25) is 0 Å². The summed E-state index contributed by atoms with van der Waals surface area (Å²) >= 11 is 0. The van der Waals surface area contributed by atoms with Crippen LogP contribution in [0.1, 0.15) is 19.4 Å². The second-order valence-corrected chi connectivity index (χ2v) is 4.06. The van der Waals surface area contributed by atoms with Crippen molar-refractivity contribution < 1.29 is 9.53 Å². The Morgan fingerprint density at radius 2 is 1.94 bits per heavy atom. The standard InChI is InChI=1S/C13H19NO2/c1-10(2)16-13-6-4-11(5-7-13)8-12(15)9-14-3/h4-7,10,14H,8-9H2,1-3H3. The van der Waals surface area contributed by atoms with Gasteiger partial charge in [-0.05, 0) is 38.6 Å². The number of nitrogens with one attached hydrogen (secondary N) is 1. The lowest BCUT2D eigenvalue weighted by Gasteiger charge is -2.09. The van der Waals surface area contributed by atoms with E-state index in [1.165, 1.54) is 0 Å². The molecule has 0 bridgehead atoms. The maximum Gasteiger partial charge on any atom is 0.150 e. The third-order valence-corrected chi connectivity index (χ3v) is 2.07. The van der Waals surface area contributed by atoms with Gasteiger partial charge < -0.3 is 10.1 Å². The quantitative estimate of drug-likeness (QED) is 0.796. The Labute approximate surface area is 96.8 Å². The van der Waals surface area contributed by atoms with Gasteiger partial charge in [0, 0.05) is 6.42 Å². The molecule has 0 amide bonds. The van der Waals surface area contributed by atoms with E-state index >= 15 is 0 Å². The molecule has 1 rings (SSSR count). The summed E-state index contributed by atoms with van der Waals surface area (Å²) in [5.41, 5.74) is 1.02. The molecule has 0 aromatic heterocycles. The maximum absolute atomic E-state index is 11.4. The fourth-order valence-corrected chi connectivity index (χ4v) is 1.45. The van der Waals surface area contributed by atoms with E-state index < -0.39 is 0 Å². The van der Waals surface area contributed by atoms with Crippen LogP contribution in [0.4, 0.5) is 0 Å². The molecule has 0 spiro atoms. The van der Waals surface area contributed by atoms with E-state index in [0.29, 0.717) is 13.0 Å². The lowest BCUT2D eigenvalue weighted by Crippen LogP contribution is -2.20. The van der Waals surface area contributed by atoms with Crippen LogP contribution in [0.5, 0.6) is 5.75 Å². The molecule has 3 nitrogen and oxygen atoms in total. The van der Waals surface area contributed by atoms with Gasteiger partial charge in [-0.3, -0.25) is 4.79 Å². The summed E-state index contributed by atoms with van der Waals surface area (Å²) < 4.78 is 5.52. The molecule has 16 heavy (non-hydrogen) atoms. The zero-order valence-corrected chi connectivity index (χ0v) is 10.1. The molecule has 0 aliphatic heterocycles. The largest absolute Gasteiger partial charge is 0.491 e. The first-order valence-corrected chi connectivity index (χ1v) is 5.53. The molecular formula is C13H19NO2. The monoisotopic (exact) mass is 221 g/mol. The summed E-state index contributed by atoms with van der Waals surface area (Å²) in [6.45, 7) is 4.40. The Morgan fingerprint density at radius 1 is 1.31 bits per heavy atom. The number of ether oxygens (including phenoxy) is 1.